The van der Waals surface area contributed by atoms with Crippen molar-refractivity contribution in [2.75, 3.05) is 38.2 Å². The van der Waals surface area contributed by atoms with Gasteiger partial charge >= 0.3 is 5.97 Å². The molecule has 3 N–H and O–H groups in total. The SMILES string of the molecule is COC(=O)c1ccc(CN2CCN(c3c[nH]nc3-c3cc(Cl)c(O)cc3O)CC2)o1. The van der Waals surface area contributed by atoms with Gasteiger partial charge in [0.15, 0.2) is 0 Å². The Morgan fingerprint density at radius 1 is 1.23 bits per heavy atom. The number of carbonyl (C=O) groups is 1. The van der Waals surface area contributed by atoms with Gasteiger partial charge in [-0.05, 0) is 18.2 Å². The smallest absolute Gasteiger partial charge is 0.373 e. The zero-order valence-corrected chi connectivity index (χ0v) is 17.0. The normalized spacial score (nSPS) is 14.8. The maximum absolute atomic E-state index is 11.5. The van der Waals surface area contributed by atoms with Gasteiger partial charge in [-0.2, -0.15) is 5.10 Å². The van der Waals surface area contributed by atoms with E-state index in [1.807, 2.05) is 0 Å². The molecule has 0 aliphatic carbocycles. The minimum Gasteiger partial charge on any atom is -0.507 e. The Hall–Kier alpha value is -3.17. The van der Waals surface area contributed by atoms with Crippen molar-refractivity contribution in [1.29, 1.82) is 0 Å². The van der Waals surface area contributed by atoms with E-state index in [-0.39, 0.29) is 22.3 Å². The number of carbonyl (C=O) groups excluding carboxylic acids is 1. The second-order valence-electron chi connectivity index (χ2n) is 6.96. The molecule has 0 amide bonds. The average Bonchev–Trinajstić information content (AvgIpc) is 3.40. The van der Waals surface area contributed by atoms with Crippen molar-refractivity contribution in [2.45, 2.75) is 6.54 Å². The summed E-state index contributed by atoms with van der Waals surface area (Å²) in [5.74, 6) is 0.134. The minimum atomic E-state index is -0.490. The number of aromatic amines is 1. The Kier molecular flexibility index (Phi) is 5.56. The molecule has 1 aliphatic rings. The van der Waals surface area contributed by atoms with Crippen LogP contribution in [0.25, 0.3) is 11.3 Å². The Labute approximate surface area is 177 Å². The lowest BCUT2D eigenvalue weighted by atomic mass is 10.1. The highest BCUT2D eigenvalue weighted by Crippen LogP contribution is 2.40. The number of hydrogen-bond acceptors (Lipinski definition) is 8. The van der Waals surface area contributed by atoms with Gasteiger partial charge in [0.05, 0.1) is 24.4 Å². The molecule has 0 bridgehead atoms. The Morgan fingerprint density at radius 2 is 2.00 bits per heavy atom. The number of phenols is 2. The molecule has 0 radical (unpaired) electrons. The lowest BCUT2D eigenvalue weighted by Crippen LogP contribution is -2.46. The van der Waals surface area contributed by atoms with Crippen LogP contribution in [0.1, 0.15) is 16.3 Å². The zero-order chi connectivity index (χ0) is 21.3. The number of aromatic nitrogens is 2. The predicted molar refractivity (Wildman–Crippen MR) is 110 cm³/mol. The molecule has 10 heteroatoms. The second-order valence-corrected chi connectivity index (χ2v) is 7.37. The van der Waals surface area contributed by atoms with Crippen LogP contribution in [0.5, 0.6) is 11.5 Å². The average molecular weight is 433 g/mol. The maximum atomic E-state index is 11.5. The molecule has 9 nitrogen and oxygen atoms in total. The largest absolute Gasteiger partial charge is 0.507 e. The van der Waals surface area contributed by atoms with E-state index in [4.69, 9.17) is 16.0 Å². The van der Waals surface area contributed by atoms with Crippen LogP contribution in [0.2, 0.25) is 5.02 Å². The molecule has 2 aromatic heterocycles. The van der Waals surface area contributed by atoms with Gasteiger partial charge in [-0.1, -0.05) is 11.6 Å². The van der Waals surface area contributed by atoms with Crippen molar-refractivity contribution in [3.63, 3.8) is 0 Å². The fourth-order valence-corrected chi connectivity index (χ4v) is 3.67. The summed E-state index contributed by atoms with van der Waals surface area (Å²) in [6.07, 6.45) is 1.78. The second kappa shape index (κ2) is 8.29. The summed E-state index contributed by atoms with van der Waals surface area (Å²) in [6.45, 7) is 3.63. The van der Waals surface area contributed by atoms with Crippen molar-refractivity contribution in [3.8, 4) is 22.8 Å². The molecule has 4 rings (SSSR count). The van der Waals surface area contributed by atoms with Crippen LogP contribution in [0, 0.1) is 0 Å². The molecule has 0 unspecified atom stereocenters. The van der Waals surface area contributed by atoms with Gasteiger partial charge in [-0.15, -0.1) is 0 Å². The fourth-order valence-electron chi connectivity index (χ4n) is 3.50. The molecule has 0 atom stereocenters. The van der Waals surface area contributed by atoms with Crippen molar-refractivity contribution in [2.24, 2.45) is 0 Å². The number of benzene rings is 1. The van der Waals surface area contributed by atoms with Gasteiger partial charge in [0.1, 0.15) is 23.0 Å². The number of piperazine rings is 1. The molecule has 30 heavy (non-hydrogen) atoms. The van der Waals surface area contributed by atoms with Gasteiger partial charge in [0.25, 0.3) is 0 Å². The van der Waals surface area contributed by atoms with Crippen LogP contribution in [0.3, 0.4) is 0 Å². The van der Waals surface area contributed by atoms with Gasteiger partial charge in [0.2, 0.25) is 5.76 Å². The summed E-state index contributed by atoms with van der Waals surface area (Å²) in [5.41, 5.74) is 1.86. The van der Waals surface area contributed by atoms with E-state index in [0.29, 0.717) is 23.6 Å². The molecular formula is C20H21ClN4O5. The zero-order valence-electron chi connectivity index (χ0n) is 16.3. The third-order valence-corrected chi connectivity index (χ3v) is 5.38. The summed E-state index contributed by atoms with van der Waals surface area (Å²) < 4.78 is 10.2. The molecule has 0 saturated carbocycles. The van der Waals surface area contributed by atoms with Crippen LogP contribution in [-0.4, -0.2) is 64.6 Å². The number of nitrogens with one attached hydrogen (secondary N) is 1. The standard InChI is InChI=1S/C20H21ClN4O5/c1-29-20(28)18-3-2-12(30-18)11-24-4-6-25(7-5-24)15-10-22-23-19(15)13-8-14(21)17(27)9-16(13)26/h2-3,8-10,26-27H,4-7,11H2,1H3,(H,22,23). The molecule has 158 valence electrons. The van der Waals surface area contributed by atoms with Gasteiger partial charge in [-0.3, -0.25) is 10.00 Å². The van der Waals surface area contributed by atoms with Crippen molar-refractivity contribution < 1.29 is 24.2 Å². The molecular weight excluding hydrogens is 412 g/mol. The third kappa shape index (κ3) is 3.94. The van der Waals surface area contributed by atoms with Crippen molar-refractivity contribution in [3.05, 3.63) is 47.0 Å². The molecule has 1 aromatic carbocycles. The number of hydrogen-bond donors (Lipinski definition) is 3. The highest BCUT2D eigenvalue weighted by Gasteiger charge is 2.24. The van der Waals surface area contributed by atoms with Gasteiger partial charge in [0, 0.05) is 44.0 Å². The summed E-state index contributed by atoms with van der Waals surface area (Å²) in [6, 6.07) is 6.10. The molecule has 0 spiro atoms. The number of anilines is 1. The third-order valence-electron chi connectivity index (χ3n) is 5.08. The number of esters is 1. The summed E-state index contributed by atoms with van der Waals surface area (Å²) in [7, 11) is 1.32. The van der Waals surface area contributed by atoms with E-state index in [0.717, 1.165) is 31.9 Å². The Balaban J connectivity index is 1.43. The van der Waals surface area contributed by atoms with Crippen molar-refractivity contribution >= 4 is 23.3 Å². The number of rotatable bonds is 5. The van der Waals surface area contributed by atoms with E-state index < -0.39 is 5.97 Å². The number of H-pyrrole nitrogens is 1. The first-order valence-corrected chi connectivity index (χ1v) is 9.74. The number of methoxy groups -OCH3 is 1. The Bertz CT molecular complexity index is 1060. The van der Waals surface area contributed by atoms with Crippen LogP contribution < -0.4 is 4.90 Å². The van der Waals surface area contributed by atoms with Crippen LogP contribution in [0.4, 0.5) is 5.69 Å². The predicted octanol–water partition coefficient (Wildman–Crippen LogP) is 2.84. The quantitative estimate of drug-likeness (QED) is 0.527. The van der Waals surface area contributed by atoms with E-state index >= 15 is 0 Å². The van der Waals surface area contributed by atoms with E-state index in [1.54, 1.807) is 18.3 Å². The van der Waals surface area contributed by atoms with E-state index in [9.17, 15) is 15.0 Å². The van der Waals surface area contributed by atoms with Crippen molar-refractivity contribution in [1.82, 2.24) is 15.1 Å². The monoisotopic (exact) mass is 432 g/mol. The highest BCUT2D eigenvalue weighted by molar-refractivity contribution is 6.32. The fraction of sp³-hybridized carbons (Fsp3) is 0.300. The topological polar surface area (TPSA) is 115 Å². The summed E-state index contributed by atoms with van der Waals surface area (Å²) in [5, 5.41) is 27.2. The van der Waals surface area contributed by atoms with E-state index in [2.05, 4.69) is 24.7 Å². The maximum Gasteiger partial charge on any atom is 0.373 e. The molecule has 3 aromatic rings. The summed E-state index contributed by atoms with van der Waals surface area (Å²) >= 11 is 6.01. The number of halogens is 1. The molecule has 1 saturated heterocycles. The first-order chi connectivity index (χ1) is 14.5. The summed E-state index contributed by atoms with van der Waals surface area (Å²) in [4.78, 5) is 15.9. The van der Waals surface area contributed by atoms with Crippen LogP contribution in [-0.2, 0) is 11.3 Å². The first-order valence-electron chi connectivity index (χ1n) is 9.36. The number of nitrogens with zero attached hydrogens (tertiary/aromatic N) is 3. The van der Waals surface area contributed by atoms with Gasteiger partial charge in [-0.25, -0.2) is 4.79 Å². The number of phenolic OH excluding ortho intramolecular Hbond substituents is 2. The lowest BCUT2D eigenvalue weighted by Gasteiger charge is -2.35. The van der Waals surface area contributed by atoms with E-state index in [1.165, 1.54) is 19.2 Å². The molecule has 1 fully saturated rings. The molecule has 1 aliphatic heterocycles. The first kappa shape index (κ1) is 20.1. The van der Waals surface area contributed by atoms with Crippen LogP contribution in [0.15, 0.2) is 34.9 Å². The minimum absolute atomic E-state index is 0.0943. The highest BCUT2D eigenvalue weighted by atomic mass is 35.5. The lowest BCUT2D eigenvalue weighted by molar-refractivity contribution is 0.0561. The van der Waals surface area contributed by atoms with Crippen LogP contribution >= 0.6 is 11.6 Å². The number of furan rings is 1. The molecule has 3 heterocycles. The number of ether oxygens (including phenoxy) is 1. The number of aromatic hydroxyl groups is 2. The Morgan fingerprint density at radius 3 is 2.73 bits per heavy atom. The van der Waals surface area contributed by atoms with Gasteiger partial charge < -0.3 is 24.3 Å².